The van der Waals surface area contributed by atoms with Gasteiger partial charge >= 0.3 is 0 Å². The van der Waals surface area contributed by atoms with Crippen LogP contribution in [-0.4, -0.2) is 31.2 Å². The van der Waals surface area contributed by atoms with Gasteiger partial charge in [-0.05, 0) is 5.56 Å². The summed E-state index contributed by atoms with van der Waals surface area (Å²) in [7, 11) is 1.55. The molecule has 1 aromatic carbocycles. The molecule has 0 amide bonds. The molecule has 0 fully saturated rings. The first-order chi connectivity index (χ1) is 7.77. The van der Waals surface area contributed by atoms with Crippen molar-refractivity contribution in [1.29, 1.82) is 0 Å². The van der Waals surface area contributed by atoms with Gasteiger partial charge in [0.2, 0.25) is 0 Å². The molecule has 0 radical (unpaired) electrons. The van der Waals surface area contributed by atoms with Crippen LogP contribution in [0.5, 0.6) is 0 Å². The number of aliphatic hydroxyl groups excluding tert-OH is 1. The highest BCUT2D eigenvalue weighted by atomic mass is 16.7. The van der Waals surface area contributed by atoms with Crippen molar-refractivity contribution in [3.63, 3.8) is 0 Å². The minimum Gasteiger partial charge on any atom is -0.390 e. The lowest BCUT2D eigenvalue weighted by molar-refractivity contribution is -0.0925. The summed E-state index contributed by atoms with van der Waals surface area (Å²) in [6.07, 6.45) is 1.13. The third-order valence-corrected chi connectivity index (χ3v) is 2.28. The van der Waals surface area contributed by atoms with Gasteiger partial charge < -0.3 is 14.6 Å². The Labute approximate surface area is 96.3 Å². The number of methoxy groups -OCH3 is 1. The van der Waals surface area contributed by atoms with Crippen LogP contribution in [0.25, 0.3) is 0 Å². The molecule has 0 aliphatic carbocycles. The van der Waals surface area contributed by atoms with E-state index in [-0.39, 0.29) is 6.79 Å². The molecule has 16 heavy (non-hydrogen) atoms. The van der Waals surface area contributed by atoms with Crippen molar-refractivity contribution in [3.8, 4) is 0 Å². The van der Waals surface area contributed by atoms with E-state index in [9.17, 15) is 5.11 Å². The van der Waals surface area contributed by atoms with Gasteiger partial charge in [0.1, 0.15) is 12.9 Å². The second-order valence-electron chi connectivity index (χ2n) is 3.53. The Morgan fingerprint density at radius 1 is 1.38 bits per heavy atom. The first-order valence-corrected chi connectivity index (χ1v) is 5.23. The number of hydrogen-bond donors (Lipinski definition) is 1. The molecule has 0 aliphatic rings. The lowest BCUT2D eigenvalue weighted by atomic mass is 10.0. The van der Waals surface area contributed by atoms with Crippen molar-refractivity contribution in [2.45, 2.75) is 18.6 Å². The molecular formula is C13H18O3. The monoisotopic (exact) mass is 222 g/mol. The normalized spacial score (nSPS) is 14.4. The van der Waals surface area contributed by atoms with Crippen LogP contribution in [0, 0.1) is 0 Å². The van der Waals surface area contributed by atoms with Crippen LogP contribution >= 0.6 is 0 Å². The number of rotatable bonds is 7. The van der Waals surface area contributed by atoms with Crippen molar-refractivity contribution >= 4 is 0 Å². The highest BCUT2D eigenvalue weighted by Crippen LogP contribution is 2.09. The highest BCUT2D eigenvalue weighted by molar-refractivity contribution is 5.16. The van der Waals surface area contributed by atoms with E-state index in [1.165, 1.54) is 0 Å². The maximum absolute atomic E-state index is 9.94. The molecule has 0 saturated carbocycles. The summed E-state index contributed by atoms with van der Waals surface area (Å²) in [6, 6.07) is 9.78. The third kappa shape index (κ3) is 4.14. The molecule has 88 valence electrons. The largest absolute Gasteiger partial charge is 0.390 e. The fraction of sp³-hybridized carbons (Fsp3) is 0.385. The van der Waals surface area contributed by atoms with Gasteiger partial charge in [0.15, 0.2) is 0 Å². The van der Waals surface area contributed by atoms with Crippen LogP contribution in [0.3, 0.4) is 0 Å². The van der Waals surface area contributed by atoms with Crippen molar-refractivity contribution < 1.29 is 14.6 Å². The molecule has 0 unspecified atom stereocenters. The van der Waals surface area contributed by atoms with E-state index in [2.05, 4.69) is 6.58 Å². The summed E-state index contributed by atoms with van der Waals surface area (Å²) in [4.78, 5) is 0. The molecule has 0 bridgehead atoms. The number of benzene rings is 1. The van der Waals surface area contributed by atoms with Crippen molar-refractivity contribution in [1.82, 2.24) is 0 Å². The predicted octanol–water partition coefficient (Wildman–Crippen LogP) is 1.77. The van der Waals surface area contributed by atoms with E-state index in [0.717, 1.165) is 5.56 Å². The van der Waals surface area contributed by atoms with Gasteiger partial charge in [-0.1, -0.05) is 36.4 Å². The van der Waals surface area contributed by atoms with Gasteiger partial charge in [-0.2, -0.15) is 0 Å². The third-order valence-electron chi connectivity index (χ3n) is 2.28. The van der Waals surface area contributed by atoms with Crippen LogP contribution in [0.1, 0.15) is 5.56 Å². The summed E-state index contributed by atoms with van der Waals surface area (Å²) < 4.78 is 10.1. The fourth-order valence-corrected chi connectivity index (χ4v) is 1.45. The number of ether oxygens (including phenoxy) is 2. The van der Waals surface area contributed by atoms with Gasteiger partial charge in [-0.3, -0.25) is 0 Å². The van der Waals surface area contributed by atoms with Gasteiger partial charge in [-0.25, -0.2) is 0 Å². The summed E-state index contributed by atoms with van der Waals surface area (Å²) in [5.41, 5.74) is 1.07. The summed E-state index contributed by atoms with van der Waals surface area (Å²) in [5, 5.41) is 9.94. The fourth-order valence-electron chi connectivity index (χ4n) is 1.45. The Morgan fingerprint density at radius 2 is 2.06 bits per heavy atom. The second-order valence-corrected chi connectivity index (χ2v) is 3.53. The second kappa shape index (κ2) is 7.17. The smallest absolute Gasteiger partial charge is 0.147 e. The van der Waals surface area contributed by atoms with Crippen LogP contribution < -0.4 is 0 Å². The zero-order valence-corrected chi connectivity index (χ0v) is 9.50. The molecule has 3 nitrogen and oxygen atoms in total. The maximum Gasteiger partial charge on any atom is 0.147 e. The summed E-state index contributed by atoms with van der Waals surface area (Å²) in [6.45, 7) is 3.79. The van der Waals surface area contributed by atoms with Gasteiger partial charge in [0.05, 0.1) is 6.10 Å². The van der Waals surface area contributed by atoms with E-state index >= 15 is 0 Å². The molecule has 1 aromatic rings. The summed E-state index contributed by atoms with van der Waals surface area (Å²) >= 11 is 0. The van der Waals surface area contributed by atoms with Crippen LogP contribution in [0.2, 0.25) is 0 Å². The molecule has 1 N–H and O–H groups in total. The maximum atomic E-state index is 9.94. The summed E-state index contributed by atoms with van der Waals surface area (Å²) in [5.74, 6) is 0. The van der Waals surface area contributed by atoms with Crippen LogP contribution in [0.4, 0.5) is 0 Å². The molecule has 0 heterocycles. The Morgan fingerprint density at radius 3 is 2.62 bits per heavy atom. The Kier molecular flexibility index (Phi) is 5.78. The van der Waals surface area contributed by atoms with Crippen molar-refractivity contribution in [3.05, 3.63) is 48.6 Å². The van der Waals surface area contributed by atoms with E-state index in [1.807, 2.05) is 30.3 Å². The zero-order chi connectivity index (χ0) is 11.8. The molecule has 1 rings (SSSR count). The van der Waals surface area contributed by atoms with Gasteiger partial charge in [0.25, 0.3) is 0 Å². The van der Waals surface area contributed by atoms with Crippen molar-refractivity contribution in [2.24, 2.45) is 0 Å². The minimum atomic E-state index is -0.602. The molecule has 0 aromatic heterocycles. The first kappa shape index (κ1) is 12.9. The van der Waals surface area contributed by atoms with E-state index < -0.39 is 12.2 Å². The molecule has 2 atom stereocenters. The van der Waals surface area contributed by atoms with Crippen LogP contribution in [0.15, 0.2) is 43.0 Å². The quantitative estimate of drug-likeness (QED) is 0.564. The average molecular weight is 222 g/mol. The number of aliphatic hydroxyl groups is 1. The zero-order valence-electron chi connectivity index (χ0n) is 9.50. The number of hydrogen-bond acceptors (Lipinski definition) is 3. The molecule has 0 aliphatic heterocycles. The highest BCUT2D eigenvalue weighted by Gasteiger charge is 2.16. The van der Waals surface area contributed by atoms with Crippen LogP contribution in [-0.2, 0) is 15.9 Å². The average Bonchev–Trinajstić information content (AvgIpc) is 2.31. The topological polar surface area (TPSA) is 38.7 Å². The SMILES string of the molecule is C=C[C@H](OCOC)[C@H](O)Cc1ccccc1. The van der Waals surface area contributed by atoms with E-state index in [4.69, 9.17) is 9.47 Å². The van der Waals surface area contributed by atoms with Gasteiger partial charge in [0, 0.05) is 13.5 Å². The Balaban J connectivity index is 2.49. The van der Waals surface area contributed by atoms with Crippen molar-refractivity contribution in [2.75, 3.05) is 13.9 Å². The molecule has 0 spiro atoms. The minimum absolute atomic E-state index is 0.155. The lowest BCUT2D eigenvalue weighted by Crippen LogP contribution is -2.29. The Bertz CT molecular complexity index is 297. The Hall–Kier alpha value is -1.16. The standard InChI is InChI=1S/C13H18O3/c1-3-13(16-10-15-2)12(14)9-11-7-5-4-6-8-11/h3-8,12-14H,1,9-10H2,2H3/t12-,13+/m1/s1. The van der Waals surface area contributed by atoms with E-state index in [1.54, 1.807) is 13.2 Å². The molecule has 0 saturated heterocycles. The first-order valence-electron chi connectivity index (χ1n) is 5.23. The van der Waals surface area contributed by atoms with Gasteiger partial charge in [-0.15, -0.1) is 6.58 Å². The molecule has 3 heteroatoms. The van der Waals surface area contributed by atoms with E-state index in [0.29, 0.717) is 6.42 Å². The predicted molar refractivity (Wildman–Crippen MR) is 63.1 cm³/mol. The lowest BCUT2D eigenvalue weighted by Gasteiger charge is -2.19. The molecular weight excluding hydrogens is 204 g/mol.